The van der Waals surface area contributed by atoms with Gasteiger partial charge in [0.2, 0.25) is 0 Å². The van der Waals surface area contributed by atoms with Gasteiger partial charge in [-0.3, -0.25) is 20.2 Å². The maximum atomic E-state index is 11.0. The summed E-state index contributed by atoms with van der Waals surface area (Å²) in [5, 5.41) is 21.7. The van der Waals surface area contributed by atoms with E-state index in [1.807, 2.05) is 37.3 Å². The standard InChI is InChI=1S/C15H14N2O5S/c1-11(9-12-5-3-2-4-6-12)22-23-15-8-7-13(16(18)19)10-14(15)17(20)21/h2-8,10-11H,9H2,1H3. The lowest BCUT2D eigenvalue weighted by Crippen LogP contribution is -2.07. The fourth-order valence-electron chi connectivity index (χ4n) is 1.95. The Morgan fingerprint density at radius 1 is 1.09 bits per heavy atom. The zero-order valence-electron chi connectivity index (χ0n) is 12.2. The lowest BCUT2D eigenvalue weighted by molar-refractivity contribution is -0.396. The van der Waals surface area contributed by atoms with Gasteiger partial charge in [0.25, 0.3) is 11.4 Å². The number of hydrogen-bond acceptors (Lipinski definition) is 6. The van der Waals surface area contributed by atoms with Crippen LogP contribution in [0.4, 0.5) is 11.4 Å². The smallest absolute Gasteiger partial charge is 0.292 e. The Hall–Kier alpha value is -2.45. The van der Waals surface area contributed by atoms with Crippen LogP contribution in [0.15, 0.2) is 53.4 Å². The first-order valence-electron chi connectivity index (χ1n) is 6.77. The van der Waals surface area contributed by atoms with E-state index >= 15 is 0 Å². The maximum absolute atomic E-state index is 11.0. The van der Waals surface area contributed by atoms with Gasteiger partial charge in [0.05, 0.1) is 22.0 Å². The van der Waals surface area contributed by atoms with E-state index < -0.39 is 9.85 Å². The van der Waals surface area contributed by atoms with Crippen LogP contribution in [0.5, 0.6) is 0 Å². The van der Waals surface area contributed by atoms with Crippen molar-refractivity contribution in [3.63, 3.8) is 0 Å². The van der Waals surface area contributed by atoms with Gasteiger partial charge in [-0.2, -0.15) is 0 Å². The second-order valence-electron chi connectivity index (χ2n) is 4.85. The van der Waals surface area contributed by atoms with E-state index in [4.69, 9.17) is 4.18 Å². The molecule has 0 bridgehead atoms. The normalized spacial score (nSPS) is 11.9. The molecule has 0 N–H and O–H groups in total. The van der Waals surface area contributed by atoms with Crippen molar-refractivity contribution >= 4 is 23.4 Å². The Bertz CT molecular complexity index is 708. The highest BCUT2D eigenvalue weighted by Gasteiger charge is 2.21. The average Bonchev–Trinajstić information content (AvgIpc) is 2.53. The van der Waals surface area contributed by atoms with Crippen LogP contribution in [-0.4, -0.2) is 16.0 Å². The van der Waals surface area contributed by atoms with E-state index in [2.05, 4.69) is 0 Å². The molecular formula is C15H14N2O5S. The molecule has 0 amide bonds. The molecular weight excluding hydrogens is 320 g/mol. The van der Waals surface area contributed by atoms with E-state index in [1.54, 1.807) is 0 Å². The molecule has 0 aliphatic rings. The molecule has 2 aromatic rings. The molecule has 1 atom stereocenters. The molecule has 0 spiro atoms. The third kappa shape index (κ3) is 4.76. The summed E-state index contributed by atoms with van der Waals surface area (Å²) in [5.74, 6) is 0. The van der Waals surface area contributed by atoms with Crippen LogP contribution < -0.4 is 0 Å². The van der Waals surface area contributed by atoms with Gasteiger partial charge in [-0.15, -0.1) is 0 Å². The predicted molar refractivity (Wildman–Crippen MR) is 86.3 cm³/mol. The van der Waals surface area contributed by atoms with Gasteiger partial charge in [-0.05, 0) is 25.0 Å². The molecule has 2 aromatic carbocycles. The van der Waals surface area contributed by atoms with E-state index in [9.17, 15) is 20.2 Å². The summed E-state index contributed by atoms with van der Waals surface area (Å²) in [7, 11) is 0. The van der Waals surface area contributed by atoms with E-state index in [0.717, 1.165) is 23.7 Å². The van der Waals surface area contributed by atoms with Crippen molar-refractivity contribution in [1.29, 1.82) is 0 Å². The third-order valence-corrected chi connectivity index (χ3v) is 3.97. The summed E-state index contributed by atoms with van der Waals surface area (Å²) < 4.78 is 5.57. The van der Waals surface area contributed by atoms with Gasteiger partial charge in [-0.25, -0.2) is 0 Å². The van der Waals surface area contributed by atoms with Gasteiger partial charge in [0.15, 0.2) is 0 Å². The number of nitro benzene ring substituents is 2. The number of rotatable bonds is 7. The Kier molecular flexibility index (Phi) is 5.67. The topological polar surface area (TPSA) is 95.5 Å². The Balaban J connectivity index is 2.05. The fourth-order valence-corrected chi connectivity index (χ4v) is 2.62. The zero-order chi connectivity index (χ0) is 16.8. The number of nitro groups is 2. The predicted octanol–water partition coefficient (Wildman–Crippen LogP) is 4.16. The summed E-state index contributed by atoms with van der Waals surface area (Å²) in [4.78, 5) is 20.7. The molecule has 7 nitrogen and oxygen atoms in total. The van der Waals surface area contributed by atoms with Gasteiger partial charge >= 0.3 is 0 Å². The molecule has 0 aromatic heterocycles. The van der Waals surface area contributed by atoms with Crippen LogP contribution in [0, 0.1) is 20.2 Å². The monoisotopic (exact) mass is 334 g/mol. The quantitative estimate of drug-likeness (QED) is 0.428. The van der Waals surface area contributed by atoms with Crippen molar-refractivity contribution in [3.8, 4) is 0 Å². The summed E-state index contributed by atoms with van der Waals surface area (Å²) in [6.45, 7) is 1.86. The van der Waals surface area contributed by atoms with Crippen LogP contribution >= 0.6 is 12.0 Å². The van der Waals surface area contributed by atoms with Gasteiger partial charge < -0.3 is 4.18 Å². The van der Waals surface area contributed by atoms with Crippen molar-refractivity contribution in [3.05, 3.63) is 74.3 Å². The molecule has 0 heterocycles. The summed E-state index contributed by atoms with van der Waals surface area (Å²) in [6.07, 6.45) is 0.492. The highest BCUT2D eigenvalue weighted by Crippen LogP contribution is 2.33. The molecule has 0 aliphatic carbocycles. The summed E-state index contributed by atoms with van der Waals surface area (Å²) in [5.41, 5.74) is 0.438. The van der Waals surface area contributed by atoms with Crippen LogP contribution in [0.3, 0.4) is 0 Å². The first-order valence-corrected chi connectivity index (χ1v) is 7.51. The second kappa shape index (κ2) is 7.70. The highest BCUT2D eigenvalue weighted by atomic mass is 32.2. The number of benzene rings is 2. The van der Waals surface area contributed by atoms with Gasteiger partial charge in [-0.1, -0.05) is 30.3 Å². The first kappa shape index (κ1) is 16.9. The second-order valence-corrected chi connectivity index (χ2v) is 5.65. The molecule has 0 saturated heterocycles. The summed E-state index contributed by atoms with van der Waals surface area (Å²) in [6, 6.07) is 13.2. The molecule has 23 heavy (non-hydrogen) atoms. The van der Waals surface area contributed by atoms with Crippen molar-refractivity contribution in [1.82, 2.24) is 0 Å². The minimum atomic E-state index is -0.666. The van der Waals surface area contributed by atoms with Crippen molar-refractivity contribution < 1.29 is 14.0 Å². The zero-order valence-corrected chi connectivity index (χ0v) is 13.1. The molecule has 0 saturated carbocycles. The minimum absolute atomic E-state index is 0.169. The lowest BCUT2D eigenvalue weighted by atomic mass is 10.1. The van der Waals surface area contributed by atoms with E-state index in [0.29, 0.717) is 6.42 Å². The number of nitrogens with zero attached hydrogens (tertiary/aromatic N) is 2. The number of non-ortho nitro benzene ring substituents is 1. The maximum Gasteiger partial charge on any atom is 0.292 e. The van der Waals surface area contributed by atoms with E-state index in [-0.39, 0.29) is 22.4 Å². The van der Waals surface area contributed by atoms with Crippen LogP contribution in [0.25, 0.3) is 0 Å². The molecule has 0 aliphatic heterocycles. The first-order chi connectivity index (χ1) is 11.0. The molecule has 120 valence electrons. The van der Waals surface area contributed by atoms with Crippen LogP contribution in [0.1, 0.15) is 12.5 Å². The average molecular weight is 334 g/mol. The molecule has 0 radical (unpaired) electrons. The molecule has 2 rings (SSSR count). The summed E-state index contributed by atoms with van der Waals surface area (Å²) >= 11 is 0.859. The molecule has 0 fully saturated rings. The Labute approximate surface area is 136 Å². The number of hydrogen-bond donors (Lipinski definition) is 0. The SMILES string of the molecule is CC(Cc1ccccc1)OSc1ccc([N+](=O)[O-])cc1[N+](=O)[O-]. The van der Waals surface area contributed by atoms with E-state index in [1.165, 1.54) is 12.1 Å². The Morgan fingerprint density at radius 2 is 1.78 bits per heavy atom. The Morgan fingerprint density at radius 3 is 2.39 bits per heavy atom. The lowest BCUT2D eigenvalue weighted by Gasteiger charge is -2.11. The molecule has 8 heteroatoms. The minimum Gasteiger partial charge on any atom is -0.307 e. The van der Waals surface area contributed by atoms with Crippen LogP contribution in [-0.2, 0) is 10.6 Å². The van der Waals surface area contributed by atoms with Crippen molar-refractivity contribution in [2.24, 2.45) is 0 Å². The molecule has 1 unspecified atom stereocenters. The highest BCUT2D eigenvalue weighted by molar-refractivity contribution is 7.94. The third-order valence-electron chi connectivity index (χ3n) is 3.02. The van der Waals surface area contributed by atoms with Crippen molar-refractivity contribution in [2.45, 2.75) is 24.3 Å². The van der Waals surface area contributed by atoms with Crippen molar-refractivity contribution in [2.75, 3.05) is 0 Å². The largest absolute Gasteiger partial charge is 0.307 e. The van der Waals surface area contributed by atoms with Gasteiger partial charge in [0.1, 0.15) is 4.90 Å². The van der Waals surface area contributed by atoms with Gasteiger partial charge in [0, 0.05) is 18.1 Å². The fraction of sp³-hybridized carbons (Fsp3) is 0.200. The van der Waals surface area contributed by atoms with Crippen LogP contribution in [0.2, 0.25) is 0 Å².